The molecule has 0 saturated carbocycles. The number of amides is 1. The summed E-state index contributed by atoms with van der Waals surface area (Å²) in [6, 6.07) is 12.7. The van der Waals surface area contributed by atoms with Crippen LogP contribution < -0.4 is 10.0 Å². The minimum absolute atomic E-state index is 0.111. The van der Waals surface area contributed by atoms with E-state index in [2.05, 4.69) is 0 Å². The van der Waals surface area contributed by atoms with E-state index in [-0.39, 0.29) is 16.4 Å². The number of ether oxygens (including phenoxy) is 1. The zero-order valence-corrected chi connectivity index (χ0v) is 16.8. The van der Waals surface area contributed by atoms with Gasteiger partial charge in [-0.05, 0) is 42.0 Å². The van der Waals surface area contributed by atoms with Gasteiger partial charge in [-0.2, -0.15) is 0 Å². The van der Waals surface area contributed by atoms with Gasteiger partial charge in [0.15, 0.2) is 6.61 Å². The molecule has 2 N–H and O–H groups in total. The highest BCUT2D eigenvalue weighted by molar-refractivity contribution is 7.89. The average Bonchev–Trinajstić information content (AvgIpc) is 2.65. The maximum absolute atomic E-state index is 12.2. The monoisotopic (exact) mass is 405 g/mol. The van der Waals surface area contributed by atoms with Gasteiger partial charge in [-0.3, -0.25) is 4.79 Å². The number of likely N-dealkylation sites (N-methyl/N-ethyl adjacent to an activating group) is 1. The quantitative estimate of drug-likeness (QED) is 0.694. The van der Waals surface area contributed by atoms with Gasteiger partial charge in [-0.1, -0.05) is 12.1 Å². The minimum atomic E-state index is -3.84. The van der Waals surface area contributed by atoms with Crippen LogP contribution in [0.15, 0.2) is 53.4 Å². The molecule has 0 unspecified atom stereocenters. The second-order valence-corrected chi connectivity index (χ2v) is 8.02. The zero-order chi connectivity index (χ0) is 20.9. The van der Waals surface area contributed by atoms with Crippen LogP contribution in [0.5, 0.6) is 0 Å². The van der Waals surface area contributed by atoms with Crippen LogP contribution >= 0.6 is 0 Å². The van der Waals surface area contributed by atoms with E-state index in [9.17, 15) is 18.0 Å². The molecule has 0 aliphatic carbocycles. The number of carbonyl (C=O) groups is 2. The Morgan fingerprint density at radius 2 is 1.54 bits per heavy atom. The first kappa shape index (κ1) is 21.4. The summed E-state index contributed by atoms with van der Waals surface area (Å²) in [5, 5.41) is 5.00. The van der Waals surface area contributed by atoms with Gasteiger partial charge in [0.05, 0.1) is 10.5 Å². The maximum Gasteiger partial charge on any atom is 0.338 e. The van der Waals surface area contributed by atoms with Gasteiger partial charge in [-0.15, -0.1) is 0 Å². The van der Waals surface area contributed by atoms with Crippen LogP contribution in [0.2, 0.25) is 0 Å². The maximum atomic E-state index is 12.2. The van der Waals surface area contributed by atoms with Crippen LogP contribution in [0, 0.1) is 0 Å². The van der Waals surface area contributed by atoms with Crippen molar-refractivity contribution in [2.75, 3.05) is 32.6 Å². The van der Waals surface area contributed by atoms with E-state index in [0.717, 1.165) is 11.3 Å². The van der Waals surface area contributed by atoms with Gasteiger partial charge in [0.25, 0.3) is 5.91 Å². The van der Waals surface area contributed by atoms with Crippen molar-refractivity contribution in [1.82, 2.24) is 4.90 Å². The predicted octanol–water partition coefficient (Wildman–Crippen LogP) is 1.22. The fourth-order valence-electron chi connectivity index (χ4n) is 2.36. The van der Waals surface area contributed by atoms with Crippen LogP contribution in [-0.2, 0) is 26.1 Å². The summed E-state index contributed by atoms with van der Waals surface area (Å²) in [4.78, 5) is 27.5. The largest absolute Gasteiger partial charge is 0.452 e. The molecule has 1 amide bonds. The summed E-state index contributed by atoms with van der Waals surface area (Å²) in [5.41, 5.74) is 2.13. The Morgan fingerprint density at radius 1 is 0.964 bits per heavy atom. The molecule has 0 aromatic heterocycles. The Balaban J connectivity index is 1.89. The molecule has 0 spiro atoms. The van der Waals surface area contributed by atoms with E-state index in [1.54, 1.807) is 7.05 Å². The van der Waals surface area contributed by atoms with E-state index in [4.69, 9.17) is 9.88 Å². The van der Waals surface area contributed by atoms with Gasteiger partial charge >= 0.3 is 5.97 Å². The van der Waals surface area contributed by atoms with Gasteiger partial charge in [0.2, 0.25) is 10.0 Å². The molecule has 0 atom stereocenters. The summed E-state index contributed by atoms with van der Waals surface area (Å²) in [6.45, 7) is -0.0325. The highest BCUT2D eigenvalue weighted by Crippen LogP contribution is 2.14. The van der Waals surface area contributed by atoms with Crippen LogP contribution in [0.1, 0.15) is 15.9 Å². The van der Waals surface area contributed by atoms with Crippen molar-refractivity contribution in [1.29, 1.82) is 0 Å². The fourth-order valence-corrected chi connectivity index (χ4v) is 2.88. The van der Waals surface area contributed by atoms with E-state index in [1.165, 1.54) is 29.2 Å². The molecule has 9 heteroatoms. The first-order valence-corrected chi connectivity index (χ1v) is 9.93. The Hall–Kier alpha value is -2.91. The third-order valence-electron chi connectivity index (χ3n) is 4.04. The van der Waals surface area contributed by atoms with Crippen LogP contribution in [0.25, 0.3) is 0 Å². The van der Waals surface area contributed by atoms with Crippen molar-refractivity contribution in [3.8, 4) is 0 Å². The number of anilines is 1. The molecule has 0 fully saturated rings. The van der Waals surface area contributed by atoms with Gasteiger partial charge in [0.1, 0.15) is 0 Å². The Kier molecular flexibility index (Phi) is 6.76. The molecule has 0 bridgehead atoms. The Labute approximate surface area is 164 Å². The topological polar surface area (TPSA) is 110 Å². The number of benzene rings is 2. The molecule has 0 heterocycles. The number of esters is 1. The normalized spacial score (nSPS) is 11.0. The second-order valence-electron chi connectivity index (χ2n) is 6.46. The van der Waals surface area contributed by atoms with Crippen LogP contribution in [0.3, 0.4) is 0 Å². The standard InChI is InChI=1S/C19H23N3O5S/c1-21(2)16-8-4-14(5-9-16)12-22(3)18(23)13-27-19(24)15-6-10-17(11-7-15)28(20,25)26/h4-11H,12-13H2,1-3H3,(H2,20,25,26). The van der Waals surface area contributed by atoms with Gasteiger partial charge in [0, 0.05) is 33.4 Å². The van der Waals surface area contributed by atoms with Crippen molar-refractivity contribution in [2.45, 2.75) is 11.4 Å². The molecular weight excluding hydrogens is 382 g/mol. The molecule has 2 aromatic rings. The van der Waals surface area contributed by atoms with E-state index >= 15 is 0 Å². The van der Waals surface area contributed by atoms with E-state index < -0.39 is 22.6 Å². The highest BCUT2D eigenvalue weighted by Gasteiger charge is 2.15. The zero-order valence-electron chi connectivity index (χ0n) is 16.0. The van der Waals surface area contributed by atoms with Gasteiger partial charge < -0.3 is 14.5 Å². The number of rotatable bonds is 7. The molecule has 0 saturated heterocycles. The van der Waals surface area contributed by atoms with Crippen molar-refractivity contribution in [2.24, 2.45) is 5.14 Å². The Bertz CT molecular complexity index is 939. The number of carbonyl (C=O) groups excluding carboxylic acids is 2. The lowest BCUT2D eigenvalue weighted by atomic mass is 10.2. The molecule has 2 aromatic carbocycles. The molecule has 8 nitrogen and oxygen atoms in total. The third-order valence-corrected chi connectivity index (χ3v) is 4.97. The summed E-state index contributed by atoms with van der Waals surface area (Å²) in [7, 11) is 1.68. The number of hydrogen-bond acceptors (Lipinski definition) is 6. The lowest BCUT2D eigenvalue weighted by Gasteiger charge is -2.18. The number of nitrogens with zero attached hydrogens (tertiary/aromatic N) is 2. The molecule has 28 heavy (non-hydrogen) atoms. The molecule has 0 aliphatic heterocycles. The van der Waals surface area contributed by atoms with Crippen molar-refractivity contribution in [3.63, 3.8) is 0 Å². The lowest BCUT2D eigenvalue weighted by molar-refractivity contribution is -0.133. The number of nitrogens with two attached hydrogens (primary N) is 1. The van der Waals surface area contributed by atoms with Gasteiger partial charge in [-0.25, -0.2) is 18.4 Å². The summed E-state index contributed by atoms with van der Waals surface area (Å²) < 4.78 is 27.4. The van der Waals surface area contributed by atoms with Crippen molar-refractivity contribution >= 4 is 27.6 Å². The van der Waals surface area contributed by atoms with Crippen LogP contribution in [0.4, 0.5) is 5.69 Å². The van der Waals surface area contributed by atoms with Crippen LogP contribution in [-0.4, -0.2) is 52.9 Å². The fraction of sp³-hybridized carbons (Fsp3) is 0.263. The molecule has 0 aliphatic rings. The molecule has 150 valence electrons. The molecule has 2 rings (SSSR count). The van der Waals surface area contributed by atoms with E-state index in [1.807, 2.05) is 43.3 Å². The molecular formula is C19H23N3O5S. The lowest BCUT2D eigenvalue weighted by Crippen LogP contribution is -2.30. The Morgan fingerprint density at radius 3 is 2.04 bits per heavy atom. The average molecular weight is 405 g/mol. The number of sulfonamides is 1. The third kappa shape index (κ3) is 5.80. The first-order chi connectivity index (χ1) is 13.1. The van der Waals surface area contributed by atoms with Crippen molar-refractivity contribution < 1.29 is 22.7 Å². The summed E-state index contributed by atoms with van der Waals surface area (Å²) >= 11 is 0. The second kappa shape index (κ2) is 8.85. The minimum Gasteiger partial charge on any atom is -0.452 e. The highest BCUT2D eigenvalue weighted by atomic mass is 32.2. The molecule has 0 radical (unpaired) electrons. The first-order valence-electron chi connectivity index (χ1n) is 8.38. The number of primary sulfonamides is 1. The van der Waals surface area contributed by atoms with Crippen molar-refractivity contribution in [3.05, 3.63) is 59.7 Å². The predicted molar refractivity (Wildman–Crippen MR) is 105 cm³/mol. The summed E-state index contributed by atoms with van der Waals surface area (Å²) in [6.07, 6.45) is 0. The SMILES string of the molecule is CN(Cc1ccc(N(C)C)cc1)C(=O)COC(=O)c1ccc(S(N)(=O)=O)cc1. The summed E-state index contributed by atoms with van der Waals surface area (Å²) in [5.74, 6) is -1.08. The smallest absolute Gasteiger partial charge is 0.338 e. The number of hydrogen-bond donors (Lipinski definition) is 1. The van der Waals surface area contributed by atoms with E-state index in [0.29, 0.717) is 6.54 Å².